The molecule has 0 aromatic carbocycles. The lowest BCUT2D eigenvalue weighted by Gasteiger charge is -2.31. The van der Waals surface area contributed by atoms with Crippen LogP contribution in [-0.2, 0) is 24.8 Å². The third-order valence-electron chi connectivity index (χ3n) is 5.37. The lowest BCUT2D eigenvalue weighted by molar-refractivity contribution is -1.00. The summed E-state index contributed by atoms with van der Waals surface area (Å²) >= 11 is 3.32. The number of thiophene rings is 2. The summed E-state index contributed by atoms with van der Waals surface area (Å²) in [6.45, 7) is 5.95. The summed E-state index contributed by atoms with van der Waals surface area (Å²) in [7, 11) is 2.27. The minimum absolute atomic E-state index is 0.447. The van der Waals surface area contributed by atoms with Crippen LogP contribution in [0.25, 0.3) is 0 Å². The molecule has 1 aliphatic heterocycles. The number of aliphatic carboxylic acids is 4. The molecule has 2 aromatic heterocycles. The molecule has 0 spiro atoms. The zero-order valence-corrected chi connectivity index (χ0v) is 21.8. The molecule has 0 radical (unpaired) electrons. The van der Waals surface area contributed by atoms with Crippen LogP contribution in [0.15, 0.2) is 58.0 Å². The maximum atomic E-state index is 11.3. The minimum atomic E-state index is -1.51. The summed E-state index contributed by atoms with van der Waals surface area (Å²) in [5.41, 5.74) is 1.28. The van der Waals surface area contributed by atoms with Gasteiger partial charge in [0.15, 0.2) is 0 Å². The zero-order chi connectivity index (χ0) is 27.8. The quantitative estimate of drug-likeness (QED) is 0.197. The van der Waals surface area contributed by atoms with E-state index in [2.05, 4.69) is 40.7 Å². The number of quaternary nitrogens is 2. The first kappa shape index (κ1) is 31.7. The minimum Gasteiger partial charge on any atom is -0.545 e. The van der Waals surface area contributed by atoms with Crippen molar-refractivity contribution < 1.29 is 54.5 Å². The fourth-order valence-electron chi connectivity index (χ4n) is 3.37. The highest BCUT2D eigenvalue weighted by Crippen LogP contribution is 2.34. The Hall–Kier alpha value is -3.36. The van der Waals surface area contributed by atoms with Gasteiger partial charge < -0.3 is 44.9 Å². The van der Waals surface area contributed by atoms with Crippen LogP contribution in [0.1, 0.15) is 17.5 Å². The van der Waals surface area contributed by atoms with Gasteiger partial charge in [0.2, 0.25) is 0 Å². The van der Waals surface area contributed by atoms with Crippen molar-refractivity contribution >= 4 is 46.6 Å². The van der Waals surface area contributed by atoms with Crippen LogP contribution in [0.4, 0.5) is 0 Å². The second-order valence-corrected chi connectivity index (χ2v) is 9.63. The van der Waals surface area contributed by atoms with E-state index in [9.17, 15) is 34.5 Å². The summed E-state index contributed by atoms with van der Waals surface area (Å²) in [4.78, 5) is 41.2. The fourth-order valence-corrected chi connectivity index (χ4v) is 4.82. The molecule has 0 unspecified atom stereocenters. The Bertz CT molecular complexity index is 942. The van der Waals surface area contributed by atoms with Gasteiger partial charge in [-0.1, -0.05) is 0 Å². The highest BCUT2D eigenvalue weighted by Gasteiger charge is 2.34. The average molecular weight is 555 g/mol. The standard InChI is InChI=1S/C16H22N2OS2.2C4H4O4/c1-17-6-8-18(9-7-17)5-4-16(19,14-2-10-20-12-14)15-3-11-21-13-15;2*5-3(6)1-2-4(7)8/h2-3,10-13,19H,4-9H2,1H3;2*1-2H,(H,5,6)(H,7,8)/b;2*2-1+. The van der Waals surface area contributed by atoms with E-state index in [1.807, 2.05) is 0 Å². The molecule has 37 heavy (non-hydrogen) atoms. The molecule has 2 aromatic rings. The molecular formula is C24H30N2O9S2. The van der Waals surface area contributed by atoms with Gasteiger partial charge in [0.25, 0.3) is 0 Å². The van der Waals surface area contributed by atoms with Crippen LogP contribution in [0.3, 0.4) is 0 Å². The van der Waals surface area contributed by atoms with Crippen molar-refractivity contribution in [1.29, 1.82) is 0 Å². The van der Waals surface area contributed by atoms with Gasteiger partial charge in [0.1, 0.15) is 31.8 Å². The zero-order valence-electron chi connectivity index (χ0n) is 20.1. The third-order valence-corrected chi connectivity index (χ3v) is 6.74. The number of nitrogens with one attached hydrogen (secondary N) is 2. The van der Waals surface area contributed by atoms with Crippen molar-refractivity contribution in [3.8, 4) is 0 Å². The van der Waals surface area contributed by atoms with Gasteiger partial charge >= 0.3 is 11.9 Å². The number of aliphatic hydroxyl groups is 1. The number of hydrogen-bond acceptors (Lipinski definition) is 9. The van der Waals surface area contributed by atoms with Crippen LogP contribution in [0.2, 0.25) is 0 Å². The van der Waals surface area contributed by atoms with Gasteiger partial charge in [0, 0.05) is 18.6 Å². The molecule has 3 rings (SSSR count). The lowest BCUT2D eigenvalue weighted by atomic mass is 9.86. The first-order valence-electron chi connectivity index (χ1n) is 11.1. The Kier molecular flexibility index (Phi) is 14.0. The van der Waals surface area contributed by atoms with Crippen LogP contribution < -0.4 is 20.0 Å². The van der Waals surface area contributed by atoms with E-state index in [1.54, 1.807) is 32.5 Å². The summed E-state index contributed by atoms with van der Waals surface area (Å²) < 4.78 is 0. The van der Waals surface area contributed by atoms with Crippen LogP contribution in [0, 0.1) is 0 Å². The van der Waals surface area contributed by atoms with Crippen LogP contribution >= 0.6 is 22.7 Å². The molecule has 1 fully saturated rings. The van der Waals surface area contributed by atoms with Gasteiger partial charge in [-0.15, -0.1) is 0 Å². The Labute approximate surface area is 221 Å². The second-order valence-electron chi connectivity index (χ2n) is 8.07. The van der Waals surface area contributed by atoms with Crippen molar-refractivity contribution in [2.75, 3.05) is 39.8 Å². The molecule has 0 bridgehead atoms. The van der Waals surface area contributed by atoms with E-state index in [4.69, 9.17) is 10.2 Å². The predicted octanol–water partition coefficient (Wildman–Crippen LogP) is -3.40. The smallest absolute Gasteiger partial charge is 0.328 e. The maximum absolute atomic E-state index is 11.3. The number of piperazine rings is 1. The van der Waals surface area contributed by atoms with Crippen LogP contribution in [-0.4, -0.2) is 79.0 Å². The van der Waals surface area contributed by atoms with Crippen molar-refractivity contribution in [3.63, 3.8) is 0 Å². The molecule has 0 saturated carbocycles. The molecule has 0 atom stereocenters. The number of rotatable bonds is 9. The van der Waals surface area contributed by atoms with E-state index in [0.717, 1.165) is 24.1 Å². The van der Waals surface area contributed by atoms with Gasteiger partial charge in [-0.25, -0.2) is 9.59 Å². The highest BCUT2D eigenvalue weighted by molar-refractivity contribution is 7.08. The number of carbonyl (C=O) groups excluding carboxylic acids is 2. The van der Waals surface area contributed by atoms with Gasteiger partial charge in [-0.3, -0.25) is 0 Å². The second kappa shape index (κ2) is 16.4. The number of carboxylic acid groups (broad SMARTS) is 4. The first-order valence-corrected chi connectivity index (χ1v) is 13.0. The molecule has 3 heterocycles. The van der Waals surface area contributed by atoms with Gasteiger partial charge in [-0.2, -0.15) is 22.7 Å². The molecule has 0 aliphatic carbocycles. The SMILES string of the molecule is C[NH+]1CC[NH+](CCC(O)(c2ccsc2)c2ccsc2)CC1.O=C([O-])/C=C/C(=O)O.O=C([O-])/C=C/C(=O)O. The highest BCUT2D eigenvalue weighted by atomic mass is 32.1. The van der Waals surface area contributed by atoms with Crippen molar-refractivity contribution in [2.24, 2.45) is 0 Å². The van der Waals surface area contributed by atoms with E-state index >= 15 is 0 Å². The molecule has 1 aliphatic rings. The normalized spacial score (nSPS) is 17.4. The lowest BCUT2D eigenvalue weighted by Crippen LogP contribution is -3.27. The Balaban J connectivity index is 0.000000355. The van der Waals surface area contributed by atoms with Crippen molar-refractivity contribution in [2.45, 2.75) is 12.0 Å². The number of likely N-dealkylation sites (N-methyl/N-ethyl adjacent to an activating group) is 1. The molecule has 13 heteroatoms. The molecule has 0 amide bonds. The maximum Gasteiger partial charge on any atom is 0.328 e. The summed E-state index contributed by atoms with van der Waals surface area (Å²) in [6.07, 6.45) is 2.68. The number of carboxylic acids is 4. The number of hydrogen-bond donors (Lipinski definition) is 5. The topological polar surface area (TPSA) is 184 Å². The Morgan fingerprint density at radius 2 is 1.30 bits per heavy atom. The van der Waals surface area contributed by atoms with E-state index in [-0.39, 0.29) is 0 Å². The van der Waals surface area contributed by atoms with Crippen LogP contribution in [0.5, 0.6) is 0 Å². The van der Waals surface area contributed by atoms with E-state index in [0.29, 0.717) is 24.3 Å². The van der Waals surface area contributed by atoms with Gasteiger partial charge in [0.05, 0.1) is 25.5 Å². The first-order chi connectivity index (χ1) is 17.4. The van der Waals surface area contributed by atoms with Gasteiger partial charge in [-0.05, 0) is 56.9 Å². The Morgan fingerprint density at radius 1 is 0.865 bits per heavy atom. The third kappa shape index (κ3) is 13.0. The summed E-state index contributed by atoms with van der Waals surface area (Å²) in [5.74, 6) is -5.61. The largest absolute Gasteiger partial charge is 0.545 e. The predicted molar refractivity (Wildman–Crippen MR) is 132 cm³/mol. The summed E-state index contributed by atoms with van der Waals surface area (Å²) in [5, 5.41) is 54.0. The van der Waals surface area contributed by atoms with E-state index < -0.39 is 29.5 Å². The number of carbonyl (C=O) groups is 4. The van der Waals surface area contributed by atoms with Crippen molar-refractivity contribution in [1.82, 2.24) is 0 Å². The molecule has 1 saturated heterocycles. The molecule has 5 N–H and O–H groups in total. The summed E-state index contributed by atoms with van der Waals surface area (Å²) in [6, 6.07) is 4.12. The fraction of sp³-hybridized carbons (Fsp3) is 0.333. The van der Waals surface area contributed by atoms with E-state index in [1.165, 1.54) is 26.2 Å². The average Bonchev–Trinajstić information content (AvgIpc) is 3.57. The Morgan fingerprint density at radius 3 is 1.59 bits per heavy atom. The van der Waals surface area contributed by atoms with Crippen molar-refractivity contribution in [3.05, 3.63) is 69.1 Å². The molecule has 202 valence electrons. The molecular weight excluding hydrogens is 524 g/mol. The monoisotopic (exact) mass is 554 g/mol. The molecule has 11 nitrogen and oxygen atoms in total.